The smallest absolute Gasteiger partial charge is 0.363 e. The van der Waals surface area contributed by atoms with Crippen molar-refractivity contribution >= 4 is 39.1 Å². The van der Waals surface area contributed by atoms with Crippen LogP contribution in [-0.4, -0.2) is 69.6 Å². The number of ether oxygens (including phenoxy) is 1. The van der Waals surface area contributed by atoms with Crippen LogP contribution in [0.2, 0.25) is 10.0 Å². The van der Waals surface area contributed by atoms with Crippen molar-refractivity contribution in [3.05, 3.63) is 62.9 Å². The van der Waals surface area contributed by atoms with Gasteiger partial charge in [-0.15, -0.1) is 0 Å². The van der Waals surface area contributed by atoms with E-state index in [1.165, 1.54) is 38.4 Å². The molecule has 2 aromatic carbocycles. The van der Waals surface area contributed by atoms with Crippen molar-refractivity contribution in [3.8, 4) is 5.75 Å². The first-order chi connectivity index (χ1) is 18.2. The summed E-state index contributed by atoms with van der Waals surface area (Å²) in [6.45, 7) is 1.11. The zero-order valence-corrected chi connectivity index (χ0v) is 24.3. The maximum Gasteiger partial charge on any atom is 0.363 e. The van der Waals surface area contributed by atoms with Crippen LogP contribution in [0.1, 0.15) is 59.1 Å². The summed E-state index contributed by atoms with van der Waals surface area (Å²) in [4.78, 5) is 14.7. The van der Waals surface area contributed by atoms with Crippen LogP contribution in [-0.2, 0) is 10.0 Å². The molecule has 0 aromatic heterocycles. The molecule has 2 aromatic rings. The molecule has 1 aliphatic heterocycles. The Morgan fingerprint density at radius 1 is 1.05 bits per heavy atom. The van der Waals surface area contributed by atoms with E-state index >= 15 is 4.39 Å². The number of halogens is 5. The van der Waals surface area contributed by atoms with Crippen molar-refractivity contribution in [2.24, 2.45) is 5.92 Å². The third kappa shape index (κ3) is 6.73. The Balaban J connectivity index is 1.44. The summed E-state index contributed by atoms with van der Waals surface area (Å²) >= 11 is 12.1. The molecule has 1 aliphatic carbocycles. The predicted molar refractivity (Wildman–Crippen MR) is 145 cm³/mol. The summed E-state index contributed by atoms with van der Waals surface area (Å²) in [6, 6.07) is 5.98. The predicted octanol–water partition coefficient (Wildman–Crippen LogP) is 6.28. The van der Waals surface area contributed by atoms with Gasteiger partial charge in [-0.05, 0) is 86.0 Å². The number of likely N-dealkylation sites (tertiary alicyclic amines) is 1. The number of piperidine rings is 1. The van der Waals surface area contributed by atoms with Crippen molar-refractivity contribution in [2.75, 3.05) is 40.0 Å². The van der Waals surface area contributed by atoms with Crippen LogP contribution in [0.25, 0.3) is 0 Å². The lowest BCUT2D eigenvalue weighted by molar-refractivity contribution is -0.671. The van der Waals surface area contributed by atoms with Gasteiger partial charge in [0.2, 0.25) is 0 Å². The highest BCUT2D eigenvalue weighted by molar-refractivity contribution is 7.85. The van der Waals surface area contributed by atoms with Gasteiger partial charge < -0.3 is 4.74 Å². The summed E-state index contributed by atoms with van der Waals surface area (Å²) in [5.74, 6) is -1.19. The molecule has 6 nitrogen and oxygen atoms in total. The highest BCUT2D eigenvalue weighted by Crippen LogP contribution is 2.45. The molecule has 1 saturated carbocycles. The van der Waals surface area contributed by atoms with E-state index in [2.05, 4.69) is 0 Å². The molecule has 1 atom stereocenters. The fraction of sp³-hybridized carbons (Fsp3) is 0.519. The average Bonchev–Trinajstić information content (AvgIpc) is 3.67. The number of rotatable bonds is 9. The second-order valence-corrected chi connectivity index (χ2v) is 14.1. The topological polar surface area (TPSA) is 63.7 Å². The van der Waals surface area contributed by atoms with Crippen LogP contribution in [0, 0.1) is 11.7 Å². The monoisotopic (exact) mass is 607 g/mol. The van der Waals surface area contributed by atoms with E-state index in [1.54, 1.807) is 4.90 Å². The Bertz CT molecular complexity index is 1320. The molecular formula is C27H32Cl2F3N2O4S+. The summed E-state index contributed by atoms with van der Waals surface area (Å²) in [5, 5.41) is 0.605. The van der Waals surface area contributed by atoms with Crippen LogP contribution >= 0.6 is 23.2 Å². The molecule has 0 unspecified atom stereocenters. The van der Waals surface area contributed by atoms with E-state index < -0.39 is 38.1 Å². The number of nitrogens with zero attached hydrogens (tertiary/aromatic N) is 2. The number of sulfonamides is 1. The first-order valence-electron chi connectivity index (χ1n) is 12.7. The third-order valence-electron chi connectivity index (χ3n) is 7.65. The third-order valence-corrected chi connectivity index (χ3v) is 9.91. The van der Waals surface area contributed by atoms with E-state index in [0.717, 1.165) is 25.2 Å². The highest BCUT2D eigenvalue weighted by Gasteiger charge is 2.41. The number of amides is 1. The van der Waals surface area contributed by atoms with Crippen LogP contribution in [0.4, 0.5) is 13.2 Å². The van der Waals surface area contributed by atoms with Gasteiger partial charge >= 0.3 is 15.9 Å². The fourth-order valence-electron chi connectivity index (χ4n) is 4.88. The van der Waals surface area contributed by atoms with Gasteiger partial charge in [-0.25, -0.2) is 18.0 Å². The molecular weight excluding hydrogens is 576 g/mol. The average molecular weight is 609 g/mol. The minimum absolute atomic E-state index is 0.0692. The van der Waals surface area contributed by atoms with E-state index in [1.807, 2.05) is 0 Å². The van der Waals surface area contributed by atoms with Gasteiger partial charge in [-0.3, -0.25) is 4.90 Å². The quantitative estimate of drug-likeness (QED) is 0.314. The van der Waals surface area contributed by atoms with E-state index in [9.17, 15) is 22.0 Å². The molecule has 12 heteroatoms. The van der Waals surface area contributed by atoms with Crippen LogP contribution < -0.4 is 4.74 Å². The zero-order chi connectivity index (χ0) is 28.7. The first kappa shape index (κ1) is 30.1. The highest BCUT2D eigenvalue weighted by atomic mass is 35.5. The molecule has 214 valence electrons. The lowest BCUT2D eigenvalue weighted by atomic mass is 9.94. The van der Waals surface area contributed by atoms with Crippen molar-refractivity contribution in [1.82, 2.24) is 4.90 Å². The van der Waals surface area contributed by atoms with Crippen molar-refractivity contribution in [3.63, 3.8) is 0 Å². The molecule has 1 saturated heterocycles. The van der Waals surface area contributed by atoms with E-state index in [4.69, 9.17) is 27.9 Å². The molecule has 0 N–H and O–H groups in total. The summed E-state index contributed by atoms with van der Waals surface area (Å²) in [6.07, 6.45) is 1.25. The van der Waals surface area contributed by atoms with Crippen molar-refractivity contribution in [1.29, 1.82) is 0 Å². The van der Waals surface area contributed by atoms with Gasteiger partial charge in [-0.2, -0.15) is 12.3 Å². The molecule has 1 heterocycles. The minimum atomic E-state index is -3.83. The number of benzene rings is 2. The Morgan fingerprint density at radius 2 is 1.64 bits per heavy atom. The lowest BCUT2D eigenvalue weighted by Crippen LogP contribution is -2.50. The van der Waals surface area contributed by atoms with E-state index in [0.29, 0.717) is 52.9 Å². The SMILES string of the molecule is C[N+](C)(C(=O)c1cc(C2CC2)c(OCC2CCN([C@@H](c3cc(Cl)cc(Cl)c3)C(F)F)CC2)cc1F)S(C)(=O)=O. The second kappa shape index (κ2) is 11.6. The number of quaternary nitrogens is 1. The molecule has 0 radical (unpaired) electrons. The molecule has 4 rings (SSSR count). The number of hydrogen-bond acceptors (Lipinski definition) is 5. The Morgan fingerprint density at radius 3 is 2.15 bits per heavy atom. The molecule has 2 fully saturated rings. The maximum atomic E-state index is 15.1. The molecule has 39 heavy (non-hydrogen) atoms. The van der Waals surface area contributed by atoms with Crippen LogP contribution in [0.3, 0.4) is 0 Å². The molecule has 0 spiro atoms. The first-order valence-corrected chi connectivity index (χ1v) is 15.3. The summed E-state index contributed by atoms with van der Waals surface area (Å²) in [5.41, 5.74) is 0.766. The zero-order valence-electron chi connectivity index (χ0n) is 22.0. The molecule has 2 aliphatic rings. The number of carbonyl (C=O) groups excluding carboxylic acids is 1. The Labute approximate surface area is 237 Å². The van der Waals surface area contributed by atoms with Gasteiger partial charge in [-0.1, -0.05) is 23.2 Å². The van der Waals surface area contributed by atoms with Gasteiger partial charge in [0.05, 0.1) is 33.0 Å². The normalized spacial score (nSPS) is 18.4. The number of hydrogen-bond donors (Lipinski definition) is 0. The number of carbonyl (C=O) groups is 1. The Kier molecular flexibility index (Phi) is 8.93. The van der Waals surface area contributed by atoms with Gasteiger partial charge in [0, 0.05) is 16.1 Å². The summed E-state index contributed by atoms with van der Waals surface area (Å²) in [7, 11) is -1.41. The fourth-order valence-corrected chi connectivity index (χ4v) is 5.82. The Hall–Kier alpha value is -1.85. The van der Waals surface area contributed by atoms with Crippen LogP contribution in [0.5, 0.6) is 5.75 Å². The van der Waals surface area contributed by atoms with Gasteiger partial charge in [0.25, 0.3) is 6.43 Å². The minimum Gasteiger partial charge on any atom is -0.493 e. The van der Waals surface area contributed by atoms with Crippen molar-refractivity contribution in [2.45, 2.75) is 44.1 Å². The summed E-state index contributed by atoms with van der Waals surface area (Å²) < 4.78 is 72.4. The second-order valence-electron chi connectivity index (χ2n) is 10.8. The van der Waals surface area contributed by atoms with E-state index in [-0.39, 0.29) is 24.0 Å². The van der Waals surface area contributed by atoms with Crippen LogP contribution in [0.15, 0.2) is 30.3 Å². The van der Waals surface area contributed by atoms with Gasteiger partial charge in [0.15, 0.2) is 0 Å². The number of alkyl halides is 2. The molecule has 0 bridgehead atoms. The standard InChI is InChI=1S/C27H32Cl2F3N2O4S/c1-34(2,39(3,36)37)27(35)22-13-21(17-4-5-17)24(14-23(22)30)38-15-16-6-8-33(9-7-16)25(26(31)32)18-10-19(28)12-20(29)11-18/h10-14,16-17,25-26H,4-9,15H2,1-3H3/q+1/t25-/m0/s1. The van der Waals surface area contributed by atoms with Crippen molar-refractivity contribution < 1.29 is 35.0 Å². The van der Waals surface area contributed by atoms with Gasteiger partial charge in [0.1, 0.15) is 17.1 Å². The molecule has 1 amide bonds. The maximum absolute atomic E-state index is 15.1. The largest absolute Gasteiger partial charge is 0.493 e. The lowest BCUT2D eigenvalue weighted by Gasteiger charge is -2.37.